The summed E-state index contributed by atoms with van der Waals surface area (Å²) in [6.07, 6.45) is -6.98. The molecule has 4 rings (SSSR count). The van der Waals surface area contributed by atoms with Crippen LogP contribution in [0.4, 0.5) is 0 Å². The molecule has 2 aliphatic heterocycles. The monoisotopic (exact) mass is 424 g/mol. The molecule has 0 aromatic heterocycles. The number of aromatic hydroxyl groups is 2. The molecule has 1 aliphatic carbocycles. The van der Waals surface area contributed by atoms with Crippen LogP contribution in [0.15, 0.2) is 29.7 Å². The molecule has 8 N–H and O–H groups in total. The molecule has 0 spiro atoms. The van der Waals surface area contributed by atoms with Crippen LogP contribution < -0.4 is 4.74 Å². The average molecular weight is 424 g/mol. The van der Waals surface area contributed by atoms with Crippen molar-refractivity contribution in [1.29, 1.82) is 0 Å². The second kappa shape index (κ2) is 7.15. The molecular formula is C19H20O11. The molecule has 0 radical (unpaired) electrons. The number of carbonyl (C=O) groups is 1. The molecule has 162 valence electrons. The second-order valence-electron chi connectivity index (χ2n) is 7.36. The van der Waals surface area contributed by atoms with Crippen LogP contribution in [0.25, 0.3) is 0 Å². The van der Waals surface area contributed by atoms with E-state index in [1.54, 1.807) is 0 Å². The van der Waals surface area contributed by atoms with E-state index in [1.165, 1.54) is 0 Å². The van der Waals surface area contributed by atoms with E-state index in [2.05, 4.69) is 0 Å². The molecule has 3 aliphatic rings. The number of aliphatic hydroxyl groups excluding tert-OH is 6. The van der Waals surface area contributed by atoms with E-state index in [4.69, 9.17) is 9.47 Å². The number of fused-ring (bicyclic) bond motifs is 2. The summed E-state index contributed by atoms with van der Waals surface area (Å²) >= 11 is 0. The van der Waals surface area contributed by atoms with Crippen LogP contribution in [-0.4, -0.2) is 83.8 Å². The van der Waals surface area contributed by atoms with Crippen LogP contribution in [0.2, 0.25) is 0 Å². The Balaban J connectivity index is 1.86. The Morgan fingerprint density at radius 3 is 2.23 bits per heavy atom. The van der Waals surface area contributed by atoms with Crippen molar-refractivity contribution in [1.82, 2.24) is 0 Å². The van der Waals surface area contributed by atoms with E-state index in [0.29, 0.717) is 0 Å². The van der Waals surface area contributed by atoms with Crippen molar-refractivity contribution < 1.29 is 55.1 Å². The maximum atomic E-state index is 13.0. The summed E-state index contributed by atoms with van der Waals surface area (Å²) in [5.74, 6) is -4.47. The lowest BCUT2D eigenvalue weighted by Crippen LogP contribution is -2.55. The molecule has 1 saturated heterocycles. The fourth-order valence-corrected chi connectivity index (χ4v) is 3.95. The Bertz CT molecular complexity index is 950. The summed E-state index contributed by atoms with van der Waals surface area (Å²) in [7, 11) is 0. The van der Waals surface area contributed by atoms with Gasteiger partial charge in [-0.25, -0.2) is 0 Å². The zero-order valence-corrected chi connectivity index (χ0v) is 15.3. The Kier molecular flexibility index (Phi) is 4.87. The predicted molar refractivity (Wildman–Crippen MR) is 96.2 cm³/mol. The van der Waals surface area contributed by atoms with Gasteiger partial charge in [0.05, 0.1) is 18.1 Å². The highest BCUT2D eigenvalue weighted by atomic mass is 16.5. The number of rotatable bonds is 2. The van der Waals surface area contributed by atoms with Gasteiger partial charge in [0.15, 0.2) is 17.3 Å². The van der Waals surface area contributed by atoms with Crippen LogP contribution in [0.5, 0.6) is 17.2 Å². The Morgan fingerprint density at radius 2 is 1.57 bits per heavy atom. The van der Waals surface area contributed by atoms with Crippen molar-refractivity contribution in [3.63, 3.8) is 0 Å². The highest BCUT2D eigenvalue weighted by Crippen LogP contribution is 2.50. The summed E-state index contributed by atoms with van der Waals surface area (Å²) in [5.41, 5.74) is -0.655. The van der Waals surface area contributed by atoms with Crippen molar-refractivity contribution in [2.45, 2.75) is 36.6 Å². The van der Waals surface area contributed by atoms with Gasteiger partial charge in [-0.3, -0.25) is 4.79 Å². The van der Waals surface area contributed by atoms with Gasteiger partial charge in [-0.05, 0) is 6.08 Å². The van der Waals surface area contributed by atoms with Gasteiger partial charge in [0.25, 0.3) is 0 Å². The quantitative estimate of drug-likeness (QED) is 0.292. The standard InChI is InChI=1S/C19H20O11/c20-4-11-15(26)16(27)17(28)19(30-11)13-9(24)2-8(23)12-14(25)5-1-6(21)7(22)3-10(5)29-18(12)13/h1-3,5,10-11,15-17,19-24,26-28H,4H2/t5?,10?,11?,15?,16-,17-,19?/m0/s1. The van der Waals surface area contributed by atoms with E-state index in [-0.39, 0.29) is 16.9 Å². The van der Waals surface area contributed by atoms with E-state index in [9.17, 15) is 45.6 Å². The topological polar surface area (TPSA) is 197 Å². The third-order valence-electron chi connectivity index (χ3n) is 5.53. The summed E-state index contributed by atoms with van der Waals surface area (Å²) in [5, 5.41) is 80.0. The van der Waals surface area contributed by atoms with Crippen LogP contribution in [0, 0.1) is 5.92 Å². The van der Waals surface area contributed by atoms with Gasteiger partial charge in [0, 0.05) is 12.1 Å². The summed E-state index contributed by atoms with van der Waals surface area (Å²) in [4.78, 5) is 13.0. The molecular weight excluding hydrogens is 404 g/mol. The fourth-order valence-electron chi connectivity index (χ4n) is 3.95. The van der Waals surface area contributed by atoms with E-state index in [1.807, 2.05) is 0 Å². The number of ether oxygens (including phenoxy) is 2. The van der Waals surface area contributed by atoms with Gasteiger partial charge in [-0.2, -0.15) is 0 Å². The van der Waals surface area contributed by atoms with Gasteiger partial charge < -0.3 is 50.3 Å². The number of hydrogen-bond acceptors (Lipinski definition) is 11. The molecule has 11 nitrogen and oxygen atoms in total. The molecule has 2 heterocycles. The normalized spacial score (nSPS) is 35.6. The Hall–Kier alpha value is -2.83. The number of benzene rings is 1. The average Bonchev–Trinajstić information content (AvgIpc) is 2.69. The Morgan fingerprint density at radius 1 is 0.900 bits per heavy atom. The minimum atomic E-state index is -1.78. The molecule has 11 heteroatoms. The zero-order chi connectivity index (χ0) is 21.9. The molecule has 0 amide bonds. The van der Waals surface area contributed by atoms with Gasteiger partial charge >= 0.3 is 0 Å². The predicted octanol–water partition coefficient (Wildman–Crippen LogP) is -0.930. The molecule has 1 aromatic rings. The molecule has 1 aromatic carbocycles. The summed E-state index contributed by atoms with van der Waals surface area (Å²) < 4.78 is 11.2. The molecule has 1 fully saturated rings. The number of Topliss-reactive ketones (excluding diaryl/α,β-unsaturated/α-hetero) is 1. The van der Waals surface area contributed by atoms with Gasteiger partial charge in [0.2, 0.25) is 0 Å². The number of carbonyl (C=O) groups excluding carboxylic acids is 1. The number of ketones is 1. The molecule has 5 unspecified atom stereocenters. The van der Waals surface area contributed by atoms with E-state index >= 15 is 0 Å². The molecule has 0 saturated carbocycles. The number of hydrogen-bond donors (Lipinski definition) is 8. The maximum absolute atomic E-state index is 13.0. The van der Waals surface area contributed by atoms with E-state index in [0.717, 1.165) is 18.2 Å². The lowest BCUT2D eigenvalue weighted by molar-refractivity contribution is -0.232. The summed E-state index contributed by atoms with van der Waals surface area (Å²) in [6, 6.07) is 0.830. The third kappa shape index (κ3) is 2.90. The minimum Gasteiger partial charge on any atom is -0.507 e. The highest BCUT2D eigenvalue weighted by molar-refractivity contribution is 6.06. The van der Waals surface area contributed by atoms with Crippen LogP contribution in [0.3, 0.4) is 0 Å². The summed E-state index contributed by atoms with van der Waals surface area (Å²) in [6.45, 7) is -0.715. The van der Waals surface area contributed by atoms with Gasteiger partial charge in [0.1, 0.15) is 59.4 Å². The number of aliphatic hydroxyl groups is 6. The van der Waals surface area contributed by atoms with Crippen LogP contribution in [-0.2, 0) is 4.74 Å². The van der Waals surface area contributed by atoms with Gasteiger partial charge in [-0.1, -0.05) is 0 Å². The zero-order valence-electron chi connectivity index (χ0n) is 15.3. The first-order valence-corrected chi connectivity index (χ1v) is 9.07. The highest BCUT2D eigenvalue weighted by Gasteiger charge is 2.49. The second-order valence-corrected chi connectivity index (χ2v) is 7.36. The molecule has 0 bridgehead atoms. The fraction of sp³-hybridized carbons (Fsp3) is 0.421. The van der Waals surface area contributed by atoms with Crippen molar-refractivity contribution >= 4 is 5.78 Å². The van der Waals surface area contributed by atoms with Crippen LogP contribution in [0.1, 0.15) is 22.0 Å². The van der Waals surface area contributed by atoms with Crippen molar-refractivity contribution in [2.24, 2.45) is 5.92 Å². The van der Waals surface area contributed by atoms with E-state index < -0.39 is 77.9 Å². The first-order valence-electron chi connectivity index (χ1n) is 9.07. The maximum Gasteiger partial charge on any atom is 0.181 e. The van der Waals surface area contributed by atoms with Gasteiger partial charge in [-0.15, -0.1) is 0 Å². The van der Waals surface area contributed by atoms with Crippen molar-refractivity contribution in [3.8, 4) is 17.2 Å². The first kappa shape index (κ1) is 20.4. The SMILES string of the molecule is O=C1c2c(O)cc(O)c(C3OC(CO)C(O)[C@H](O)[C@@H]3O)c2OC2C=C(O)C(O)=CC12. The van der Waals surface area contributed by atoms with Crippen molar-refractivity contribution in [3.05, 3.63) is 40.9 Å². The lowest BCUT2D eigenvalue weighted by atomic mass is 9.82. The third-order valence-corrected chi connectivity index (χ3v) is 5.53. The first-order chi connectivity index (χ1) is 14.1. The molecule has 30 heavy (non-hydrogen) atoms. The number of phenolic OH excluding ortho intramolecular Hbond substituents is 2. The lowest BCUT2D eigenvalue weighted by Gasteiger charge is -2.41. The smallest absolute Gasteiger partial charge is 0.181 e. The van der Waals surface area contributed by atoms with Crippen molar-refractivity contribution in [2.75, 3.05) is 6.61 Å². The Labute approximate surface area is 169 Å². The molecule has 7 atom stereocenters. The minimum absolute atomic E-state index is 0.293. The number of phenols is 2. The largest absolute Gasteiger partial charge is 0.507 e. The van der Waals surface area contributed by atoms with Crippen LogP contribution >= 0.6 is 0 Å².